The Morgan fingerprint density at radius 2 is 2.45 bits per heavy atom. The second-order valence-electron chi connectivity index (χ2n) is 2.93. The maximum atomic E-state index is 10.6. The zero-order valence-electron chi connectivity index (χ0n) is 6.42. The van der Waals surface area contributed by atoms with E-state index in [4.69, 9.17) is 10.8 Å². The summed E-state index contributed by atoms with van der Waals surface area (Å²) in [6, 6.07) is 0. The van der Waals surface area contributed by atoms with Gasteiger partial charge in [0.05, 0.1) is 5.92 Å². The summed E-state index contributed by atoms with van der Waals surface area (Å²) in [7, 11) is 0. The third-order valence-corrected chi connectivity index (χ3v) is 2.23. The molecule has 0 spiro atoms. The molecule has 4 heteroatoms. The molecule has 0 aromatic carbocycles. The van der Waals surface area contributed by atoms with Gasteiger partial charge in [-0.05, 0) is 32.0 Å². The van der Waals surface area contributed by atoms with Crippen LogP contribution >= 0.6 is 0 Å². The van der Waals surface area contributed by atoms with Crippen LogP contribution in [0.5, 0.6) is 0 Å². The number of nitrogens with two attached hydrogens (primary N) is 1. The Labute approximate surface area is 65.8 Å². The zero-order chi connectivity index (χ0) is 8.27. The van der Waals surface area contributed by atoms with Crippen LogP contribution in [-0.4, -0.2) is 30.7 Å². The van der Waals surface area contributed by atoms with E-state index in [9.17, 15) is 4.79 Å². The lowest BCUT2D eigenvalue weighted by molar-refractivity contribution is -0.144. The van der Waals surface area contributed by atoms with Gasteiger partial charge in [0.1, 0.15) is 0 Å². The highest BCUT2D eigenvalue weighted by atomic mass is 16.4. The molecule has 11 heavy (non-hydrogen) atoms. The van der Waals surface area contributed by atoms with Gasteiger partial charge in [0.15, 0.2) is 0 Å². The van der Waals surface area contributed by atoms with Gasteiger partial charge in [-0.15, -0.1) is 0 Å². The average Bonchev–Trinajstić information content (AvgIpc) is 2.04. The number of rotatable bonds is 2. The van der Waals surface area contributed by atoms with Crippen LogP contribution in [0, 0.1) is 11.8 Å². The van der Waals surface area contributed by atoms with E-state index in [1.807, 2.05) is 0 Å². The summed E-state index contributed by atoms with van der Waals surface area (Å²) in [5.41, 5.74) is 5.43. The van der Waals surface area contributed by atoms with Gasteiger partial charge >= 0.3 is 5.97 Å². The van der Waals surface area contributed by atoms with Crippen LogP contribution in [-0.2, 0) is 4.79 Å². The van der Waals surface area contributed by atoms with E-state index in [1.165, 1.54) is 0 Å². The maximum absolute atomic E-state index is 10.6. The molecule has 64 valence electrons. The number of hydrogen-bond acceptors (Lipinski definition) is 3. The molecule has 1 rings (SSSR count). The Morgan fingerprint density at radius 1 is 1.73 bits per heavy atom. The van der Waals surface area contributed by atoms with Crippen molar-refractivity contribution in [3.8, 4) is 0 Å². The van der Waals surface area contributed by atoms with Crippen LogP contribution in [0.4, 0.5) is 0 Å². The van der Waals surface area contributed by atoms with E-state index >= 15 is 0 Å². The second kappa shape index (κ2) is 3.69. The van der Waals surface area contributed by atoms with Crippen molar-refractivity contribution in [1.82, 2.24) is 5.32 Å². The Kier molecular flexibility index (Phi) is 2.84. The van der Waals surface area contributed by atoms with Crippen LogP contribution in [0.2, 0.25) is 0 Å². The van der Waals surface area contributed by atoms with Crippen molar-refractivity contribution in [3.05, 3.63) is 0 Å². The van der Waals surface area contributed by atoms with Crippen molar-refractivity contribution in [2.75, 3.05) is 19.6 Å². The van der Waals surface area contributed by atoms with Crippen molar-refractivity contribution >= 4 is 5.97 Å². The zero-order valence-corrected chi connectivity index (χ0v) is 6.42. The number of nitrogens with one attached hydrogen (secondary N) is 1. The Hall–Kier alpha value is -0.610. The van der Waals surface area contributed by atoms with Crippen molar-refractivity contribution in [1.29, 1.82) is 0 Å². The second-order valence-corrected chi connectivity index (χ2v) is 2.93. The van der Waals surface area contributed by atoms with E-state index in [1.54, 1.807) is 0 Å². The maximum Gasteiger partial charge on any atom is 0.306 e. The molecule has 1 aliphatic heterocycles. The van der Waals surface area contributed by atoms with Gasteiger partial charge in [0, 0.05) is 0 Å². The summed E-state index contributed by atoms with van der Waals surface area (Å²) in [5.74, 6) is -0.829. The molecule has 1 fully saturated rings. The molecule has 0 aliphatic carbocycles. The lowest BCUT2D eigenvalue weighted by Crippen LogP contribution is -2.43. The third-order valence-electron chi connectivity index (χ3n) is 2.23. The fourth-order valence-corrected chi connectivity index (χ4v) is 1.50. The van der Waals surface area contributed by atoms with E-state index in [2.05, 4.69) is 5.32 Å². The standard InChI is InChI=1S/C7H14N2O2/c8-3-5-4-9-2-1-6(5)7(10)11/h5-6,9H,1-4,8H2,(H,10,11)/t5-,6-/m1/s1. The van der Waals surface area contributed by atoms with Crippen LogP contribution in [0.3, 0.4) is 0 Å². The molecule has 0 saturated carbocycles. The molecule has 1 aliphatic rings. The third kappa shape index (κ3) is 1.91. The number of hydrogen-bond donors (Lipinski definition) is 3. The summed E-state index contributed by atoms with van der Waals surface area (Å²) in [5, 5.41) is 11.9. The molecular weight excluding hydrogens is 144 g/mol. The molecule has 2 atom stereocenters. The predicted octanol–water partition coefficient (Wildman–Crippen LogP) is -0.745. The largest absolute Gasteiger partial charge is 0.481 e. The molecule has 0 bridgehead atoms. The normalized spacial score (nSPS) is 31.7. The number of carboxylic acids is 1. The highest BCUT2D eigenvalue weighted by molar-refractivity contribution is 5.70. The molecule has 4 N–H and O–H groups in total. The van der Waals surface area contributed by atoms with Crippen molar-refractivity contribution in [3.63, 3.8) is 0 Å². The SMILES string of the molecule is NC[C@@H]1CNCC[C@H]1C(=O)O. The molecule has 0 unspecified atom stereocenters. The van der Waals surface area contributed by atoms with Gasteiger partial charge in [0.2, 0.25) is 0 Å². The van der Waals surface area contributed by atoms with Crippen LogP contribution in [0.25, 0.3) is 0 Å². The number of piperidine rings is 1. The summed E-state index contributed by atoms with van der Waals surface area (Å²) < 4.78 is 0. The predicted molar refractivity (Wildman–Crippen MR) is 41.2 cm³/mol. The van der Waals surface area contributed by atoms with Gasteiger partial charge in [-0.2, -0.15) is 0 Å². The van der Waals surface area contributed by atoms with Gasteiger partial charge in [-0.25, -0.2) is 0 Å². The minimum absolute atomic E-state index is 0.112. The quantitative estimate of drug-likeness (QED) is 0.494. The van der Waals surface area contributed by atoms with Crippen molar-refractivity contribution < 1.29 is 9.90 Å². The molecule has 0 aromatic heterocycles. The van der Waals surface area contributed by atoms with Crippen molar-refractivity contribution in [2.24, 2.45) is 17.6 Å². The molecule has 0 aromatic rings. The number of carbonyl (C=O) groups is 1. The topological polar surface area (TPSA) is 75.3 Å². The summed E-state index contributed by atoms with van der Waals surface area (Å²) >= 11 is 0. The van der Waals surface area contributed by atoms with E-state index in [0.717, 1.165) is 13.1 Å². The van der Waals surface area contributed by atoms with E-state index < -0.39 is 5.97 Å². The smallest absolute Gasteiger partial charge is 0.306 e. The first-order valence-corrected chi connectivity index (χ1v) is 3.89. The van der Waals surface area contributed by atoms with Crippen LogP contribution < -0.4 is 11.1 Å². The lowest BCUT2D eigenvalue weighted by atomic mass is 9.87. The Bertz CT molecular complexity index is 149. The van der Waals surface area contributed by atoms with Crippen LogP contribution in [0.15, 0.2) is 0 Å². The molecular formula is C7H14N2O2. The summed E-state index contributed by atoms with van der Waals surface area (Å²) in [6.45, 7) is 2.00. The fourth-order valence-electron chi connectivity index (χ4n) is 1.50. The molecule has 0 amide bonds. The molecule has 1 saturated heterocycles. The van der Waals surface area contributed by atoms with Gasteiger partial charge < -0.3 is 16.2 Å². The molecule has 4 nitrogen and oxygen atoms in total. The molecule has 1 heterocycles. The Morgan fingerprint density at radius 3 is 2.91 bits per heavy atom. The van der Waals surface area contributed by atoms with E-state index in [-0.39, 0.29) is 11.8 Å². The Balaban J connectivity index is 2.51. The lowest BCUT2D eigenvalue weighted by Gasteiger charge is -2.27. The van der Waals surface area contributed by atoms with Crippen LogP contribution in [0.1, 0.15) is 6.42 Å². The van der Waals surface area contributed by atoms with Gasteiger partial charge in [-0.3, -0.25) is 4.79 Å². The summed E-state index contributed by atoms with van der Waals surface area (Å²) in [4.78, 5) is 10.6. The first-order chi connectivity index (χ1) is 5.25. The van der Waals surface area contributed by atoms with Gasteiger partial charge in [0.25, 0.3) is 0 Å². The monoisotopic (exact) mass is 158 g/mol. The average molecular weight is 158 g/mol. The minimum atomic E-state index is -0.707. The summed E-state index contributed by atoms with van der Waals surface area (Å²) in [6.07, 6.45) is 0.706. The highest BCUT2D eigenvalue weighted by Crippen LogP contribution is 2.17. The minimum Gasteiger partial charge on any atom is -0.481 e. The van der Waals surface area contributed by atoms with E-state index in [0.29, 0.717) is 13.0 Å². The first kappa shape index (κ1) is 8.49. The van der Waals surface area contributed by atoms with Gasteiger partial charge in [-0.1, -0.05) is 0 Å². The first-order valence-electron chi connectivity index (χ1n) is 3.89. The number of aliphatic carboxylic acids is 1. The number of carboxylic acid groups (broad SMARTS) is 1. The van der Waals surface area contributed by atoms with Crippen molar-refractivity contribution in [2.45, 2.75) is 6.42 Å². The molecule has 0 radical (unpaired) electrons. The highest BCUT2D eigenvalue weighted by Gasteiger charge is 2.29. The fraction of sp³-hybridized carbons (Fsp3) is 0.857.